The molecule has 1 aliphatic heterocycles. The number of halogens is 3. The molecule has 26 heavy (non-hydrogen) atoms. The minimum atomic E-state index is -0.536. The highest BCUT2D eigenvalue weighted by atomic mass is 79.9. The second-order valence-electron chi connectivity index (χ2n) is 6.25. The van der Waals surface area contributed by atoms with Gasteiger partial charge >= 0.3 is 0 Å². The van der Waals surface area contributed by atoms with Gasteiger partial charge in [0.05, 0.1) is 16.3 Å². The van der Waals surface area contributed by atoms with E-state index in [1.165, 1.54) is 6.07 Å². The average molecular weight is 456 g/mol. The molecule has 2 amide bonds. The first-order valence-corrected chi connectivity index (χ1v) is 9.75. The predicted octanol–water partition coefficient (Wildman–Crippen LogP) is 5.31. The molecule has 0 radical (unpaired) electrons. The van der Waals surface area contributed by atoms with Crippen LogP contribution in [0, 0.1) is 6.92 Å². The Morgan fingerprint density at radius 2 is 1.96 bits per heavy atom. The summed E-state index contributed by atoms with van der Waals surface area (Å²) in [6.07, 6.45) is 1.37. The number of amides is 2. The highest BCUT2D eigenvalue weighted by Gasteiger charge is 2.35. The molecule has 1 unspecified atom stereocenters. The molecule has 1 fully saturated rings. The van der Waals surface area contributed by atoms with Gasteiger partial charge in [0, 0.05) is 16.0 Å². The lowest BCUT2D eigenvalue weighted by Crippen LogP contribution is -2.43. The maximum atomic E-state index is 12.9. The van der Waals surface area contributed by atoms with E-state index in [4.69, 9.17) is 23.2 Å². The number of nitrogens with zero attached hydrogens (tertiary/aromatic N) is 1. The van der Waals surface area contributed by atoms with E-state index in [0.717, 1.165) is 16.5 Å². The molecular formula is C19H17BrCl2N2O2. The van der Waals surface area contributed by atoms with Crippen LogP contribution in [-0.2, 0) is 4.79 Å². The van der Waals surface area contributed by atoms with Crippen molar-refractivity contribution in [1.82, 2.24) is 4.90 Å². The summed E-state index contributed by atoms with van der Waals surface area (Å²) in [5, 5.41) is 3.66. The van der Waals surface area contributed by atoms with Gasteiger partial charge in [-0.2, -0.15) is 0 Å². The maximum absolute atomic E-state index is 12.9. The molecule has 0 bridgehead atoms. The molecule has 0 aromatic heterocycles. The highest BCUT2D eigenvalue weighted by Crippen LogP contribution is 2.28. The van der Waals surface area contributed by atoms with Crippen molar-refractivity contribution in [3.8, 4) is 0 Å². The van der Waals surface area contributed by atoms with Crippen molar-refractivity contribution in [2.45, 2.75) is 25.8 Å². The topological polar surface area (TPSA) is 49.4 Å². The second kappa shape index (κ2) is 7.99. The normalized spacial score (nSPS) is 16.6. The molecule has 0 spiro atoms. The van der Waals surface area contributed by atoms with Gasteiger partial charge in [-0.1, -0.05) is 29.3 Å². The third-order valence-corrected chi connectivity index (χ3v) is 5.58. The second-order valence-corrected chi connectivity index (χ2v) is 7.95. The van der Waals surface area contributed by atoms with Crippen molar-refractivity contribution in [2.24, 2.45) is 0 Å². The first kappa shape index (κ1) is 19.2. The molecule has 136 valence electrons. The van der Waals surface area contributed by atoms with Gasteiger partial charge in [-0.05, 0) is 71.6 Å². The number of nitrogens with one attached hydrogen (secondary N) is 1. The zero-order chi connectivity index (χ0) is 18.8. The number of anilines is 1. The van der Waals surface area contributed by atoms with Gasteiger partial charge in [-0.3, -0.25) is 9.59 Å². The monoisotopic (exact) mass is 454 g/mol. The van der Waals surface area contributed by atoms with Crippen molar-refractivity contribution >= 4 is 56.6 Å². The fourth-order valence-corrected chi connectivity index (χ4v) is 4.00. The van der Waals surface area contributed by atoms with E-state index >= 15 is 0 Å². The van der Waals surface area contributed by atoms with Gasteiger partial charge in [0.1, 0.15) is 6.04 Å². The van der Waals surface area contributed by atoms with Gasteiger partial charge in [-0.25, -0.2) is 0 Å². The molecule has 4 nitrogen and oxygen atoms in total. The molecule has 2 aromatic rings. The standard InChI is InChI=1S/C19H17BrCl2N2O2/c1-11-4-7-16(14(20)9-11)23-18(25)17-3-2-8-24(17)19(26)13-10-12(21)5-6-15(13)22/h4-7,9-10,17H,2-3,8H2,1H3,(H,23,25). The Morgan fingerprint density at radius 3 is 2.69 bits per heavy atom. The van der Waals surface area contributed by atoms with Crippen molar-refractivity contribution in [1.29, 1.82) is 0 Å². The van der Waals surface area contributed by atoms with Crippen molar-refractivity contribution < 1.29 is 9.59 Å². The predicted molar refractivity (Wildman–Crippen MR) is 108 cm³/mol. The minimum Gasteiger partial charge on any atom is -0.327 e. The number of carbonyl (C=O) groups is 2. The Kier molecular flexibility index (Phi) is 5.90. The van der Waals surface area contributed by atoms with Gasteiger partial charge in [0.15, 0.2) is 0 Å². The molecule has 3 rings (SSSR count). The molecule has 0 aliphatic carbocycles. The first-order chi connectivity index (χ1) is 12.4. The Labute approximate surface area is 170 Å². The number of aryl methyl sites for hydroxylation is 1. The Balaban J connectivity index is 1.80. The molecule has 2 aromatic carbocycles. The van der Waals surface area contributed by atoms with E-state index in [0.29, 0.717) is 34.3 Å². The van der Waals surface area contributed by atoms with Gasteiger partial charge < -0.3 is 10.2 Å². The van der Waals surface area contributed by atoms with Gasteiger partial charge in [0.2, 0.25) is 5.91 Å². The van der Waals surface area contributed by atoms with E-state index in [1.54, 1.807) is 17.0 Å². The van der Waals surface area contributed by atoms with E-state index in [-0.39, 0.29) is 11.8 Å². The first-order valence-electron chi connectivity index (χ1n) is 8.20. The van der Waals surface area contributed by atoms with Crippen LogP contribution in [0.3, 0.4) is 0 Å². The number of likely N-dealkylation sites (tertiary alicyclic amines) is 1. The smallest absolute Gasteiger partial charge is 0.256 e. The van der Waals surface area contributed by atoms with E-state index in [2.05, 4.69) is 21.2 Å². The molecule has 7 heteroatoms. The molecule has 0 saturated carbocycles. The number of hydrogen-bond donors (Lipinski definition) is 1. The Morgan fingerprint density at radius 1 is 1.19 bits per heavy atom. The maximum Gasteiger partial charge on any atom is 0.256 e. The number of hydrogen-bond acceptors (Lipinski definition) is 2. The minimum absolute atomic E-state index is 0.210. The summed E-state index contributed by atoms with van der Waals surface area (Å²) < 4.78 is 0.805. The fraction of sp³-hybridized carbons (Fsp3) is 0.263. The van der Waals surface area contributed by atoms with E-state index < -0.39 is 6.04 Å². The lowest BCUT2D eigenvalue weighted by molar-refractivity contribution is -0.119. The Hall–Kier alpha value is -1.56. The Bertz CT molecular complexity index is 873. The van der Waals surface area contributed by atoms with Crippen molar-refractivity contribution in [3.63, 3.8) is 0 Å². The summed E-state index contributed by atoms with van der Waals surface area (Å²) in [5.74, 6) is -0.489. The number of carbonyl (C=O) groups excluding carboxylic acids is 2. The summed E-state index contributed by atoms with van der Waals surface area (Å²) in [7, 11) is 0. The van der Waals surface area contributed by atoms with E-state index in [9.17, 15) is 9.59 Å². The van der Waals surface area contributed by atoms with Crippen LogP contribution in [0.15, 0.2) is 40.9 Å². The lowest BCUT2D eigenvalue weighted by atomic mass is 10.1. The van der Waals surface area contributed by atoms with Crippen LogP contribution in [0.5, 0.6) is 0 Å². The highest BCUT2D eigenvalue weighted by molar-refractivity contribution is 9.10. The van der Waals surface area contributed by atoms with E-state index in [1.807, 2.05) is 25.1 Å². The summed E-state index contributed by atoms with van der Waals surface area (Å²) in [4.78, 5) is 27.2. The zero-order valence-electron chi connectivity index (χ0n) is 14.1. The summed E-state index contributed by atoms with van der Waals surface area (Å²) >= 11 is 15.6. The quantitative estimate of drug-likeness (QED) is 0.681. The molecular weight excluding hydrogens is 439 g/mol. The molecule has 1 heterocycles. The van der Waals surface area contributed by atoms with Gasteiger partial charge in [0.25, 0.3) is 5.91 Å². The summed E-state index contributed by atoms with van der Waals surface area (Å²) in [6.45, 7) is 2.48. The summed E-state index contributed by atoms with van der Waals surface area (Å²) in [5.41, 5.74) is 2.08. The van der Waals surface area contributed by atoms with Crippen LogP contribution < -0.4 is 5.32 Å². The van der Waals surface area contributed by atoms with Crippen molar-refractivity contribution in [2.75, 3.05) is 11.9 Å². The molecule has 1 N–H and O–H groups in total. The SMILES string of the molecule is Cc1ccc(NC(=O)C2CCCN2C(=O)c2cc(Cl)ccc2Cl)c(Br)c1. The average Bonchev–Trinajstić information content (AvgIpc) is 3.08. The summed E-state index contributed by atoms with van der Waals surface area (Å²) in [6, 6.07) is 9.91. The van der Waals surface area contributed by atoms with Crippen LogP contribution in [0.1, 0.15) is 28.8 Å². The van der Waals surface area contributed by atoms with Crippen molar-refractivity contribution in [3.05, 3.63) is 62.0 Å². The molecule has 1 saturated heterocycles. The third kappa shape index (κ3) is 4.05. The van der Waals surface area contributed by atoms with Crippen LogP contribution in [0.2, 0.25) is 10.0 Å². The fourth-order valence-electron chi connectivity index (χ4n) is 3.04. The van der Waals surface area contributed by atoms with Gasteiger partial charge in [-0.15, -0.1) is 0 Å². The third-order valence-electron chi connectivity index (χ3n) is 4.36. The molecule has 1 aliphatic rings. The van der Waals surface area contributed by atoms with Crippen LogP contribution in [0.25, 0.3) is 0 Å². The number of benzene rings is 2. The molecule has 1 atom stereocenters. The van der Waals surface area contributed by atoms with Crippen LogP contribution in [0.4, 0.5) is 5.69 Å². The largest absolute Gasteiger partial charge is 0.327 e. The van der Waals surface area contributed by atoms with Crippen LogP contribution >= 0.6 is 39.1 Å². The zero-order valence-corrected chi connectivity index (χ0v) is 17.2. The van der Waals surface area contributed by atoms with Crippen LogP contribution in [-0.4, -0.2) is 29.3 Å². The number of rotatable bonds is 3. The lowest BCUT2D eigenvalue weighted by Gasteiger charge is -2.24.